The van der Waals surface area contributed by atoms with Gasteiger partial charge in [-0.05, 0) is 18.4 Å². The van der Waals surface area contributed by atoms with E-state index >= 15 is 0 Å². The van der Waals surface area contributed by atoms with Gasteiger partial charge in [0.2, 0.25) is 5.91 Å². The third-order valence-corrected chi connectivity index (χ3v) is 3.17. The molecule has 0 radical (unpaired) electrons. The molecule has 0 spiro atoms. The first-order chi connectivity index (χ1) is 10.4. The Hall–Kier alpha value is -1.88. The highest BCUT2D eigenvalue weighted by molar-refractivity contribution is 5.81. The lowest BCUT2D eigenvalue weighted by Crippen LogP contribution is -2.38. The fourth-order valence-electron chi connectivity index (χ4n) is 1.89. The van der Waals surface area contributed by atoms with Gasteiger partial charge < -0.3 is 14.8 Å². The van der Waals surface area contributed by atoms with Gasteiger partial charge in [0.25, 0.3) is 0 Å². The molecule has 0 heterocycles. The zero-order valence-electron chi connectivity index (χ0n) is 13.7. The summed E-state index contributed by atoms with van der Waals surface area (Å²) in [5.41, 5.74) is 0.859. The lowest BCUT2D eigenvalue weighted by molar-refractivity contribution is -0.141. The number of hydrogen-bond acceptors (Lipinski definition) is 4. The summed E-state index contributed by atoms with van der Waals surface area (Å²) in [7, 11) is 1.33. The fraction of sp³-hybridized carbons (Fsp3) is 0.529. The molecule has 2 atom stereocenters. The molecule has 0 fully saturated rings. The minimum Gasteiger partial charge on any atom is -0.469 e. The molecule has 0 aliphatic heterocycles. The Labute approximate surface area is 132 Å². The number of rotatable bonds is 8. The first kappa shape index (κ1) is 18.2. The molecule has 1 N–H and O–H groups in total. The van der Waals surface area contributed by atoms with Gasteiger partial charge in [0.1, 0.15) is 6.10 Å². The summed E-state index contributed by atoms with van der Waals surface area (Å²) in [6, 6.07) is 8.93. The van der Waals surface area contributed by atoms with Crippen LogP contribution < -0.4 is 5.32 Å². The van der Waals surface area contributed by atoms with Crippen LogP contribution >= 0.6 is 0 Å². The van der Waals surface area contributed by atoms with Crippen LogP contribution in [0.1, 0.15) is 38.8 Å². The SMILES string of the molecule is COC(=O)C[C@H](NC(=O)[C@H](C)OCC(C)C)c1ccccc1. The number of carbonyl (C=O) groups excluding carboxylic acids is 2. The maximum Gasteiger partial charge on any atom is 0.307 e. The summed E-state index contributed by atoms with van der Waals surface area (Å²) in [6.07, 6.45) is -0.477. The Morgan fingerprint density at radius 3 is 2.32 bits per heavy atom. The van der Waals surface area contributed by atoms with Crippen molar-refractivity contribution in [2.75, 3.05) is 13.7 Å². The number of methoxy groups -OCH3 is 1. The molecule has 0 saturated heterocycles. The minimum atomic E-state index is -0.564. The number of carbonyl (C=O) groups is 2. The van der Waals surface area contributed by atoms with E-state index in [1.54, 1.807) is 6.92 Å². The van der Waals surface area contributed by atoms with Crippen molar-refractivity contribution in [3.8, 4) is 0 Å². The topological polar surface area (TPSA) is 64.6 Å². The van der Waals surface area contributed by atoms with Crippen molar-refractivity contribution in [3.63, 3.8) is 0 Å². The van der Waals surface area contributed by atoms with Gasteiger partial charge in [0, 0.05) is 6.61 Å². The average molecular weight is 307 g/mol. The summed E-state index contributed by atoms with van der Waals surface area (Å²) in [4.78, 5) is 23.8. The van der Waals surface area contributed by atoms with E-state index in [0.29, 0.717) is 12.5 Å². The molecule has 0 aliphatic rings. The van der Waals surface area contributed by atoms with Crippen molar-refractivity contribution in [1.29, 1.82) is 0 Å². The van der Waals surface area contributed by atoms with E-state index < -0.39 is 12.1 Å². The van der Waals surface area contributed by atoms with E-state index in [4.69, 9.17) is 9.47 Å². The third-order valence-electron chi connectivity index (χ3n) is 3.17. The predicted molar refractivity (Wildman–Crippen MR) is 84.2 cm³/mol. The Morgan fingerprint density at radius 2 is 1.77 bits per heavy atom. The molecule has 0 unspecified atom stereocenters. The van der Waals surface area contributed by atoms with Gasteiger partial charge in [-0.1, -0.05) is 44.2 Å². The second kappa shape index (κ2) is 9.20. The van der Waals surface area contributed by atoms with Gasteiger partial charge >= 0.3 is 5.97 Å². The normalized spacial score (nSPS) is 13.5. The molecule has 122 valence electrons. The molecule has 0 aromatic heterocycles. The van der Waals surface area contributed by atoms with Crippen LogP contribution in [0.25, 0.3) is 0 Å². The van der Waals surface area contributed by atoms with Crippen molar-refractivity contribution in [3.05, 3.63) is 35.9 Å². The lowest BCUT2D eigenvalue weighted by atomic mass is 10.0. The largest absolute Gasteiger partial charge is 0.469 e. The van der Waals surface area contributed by atoms with Crippen molar-refractivity contribution >= 4 is 11.9 Å². The van der Waals surface area contributed by atoms with Crippen LogP contribution in [-0.4, -0.2) is 31.7 Å². The van der Waals surface area contributed by atoms with Gasteiger partial charge in [-0.2, -0.15) is 0 Å². The van der Waals surface area contributed by atoms with Crippen LogP contribution in [0.4, 0.5) is 0 Å². The second-order valence-electron chi connectivity index (χ2n) is 5.62. The predicted octanol–water partition coefficient (Wildman–Crippen LogP) is 2.47. The molecule has 1 rings (SSSR count). The quantitative estimate of drug-likeness (QED) is 0.749. The maximum atomic E-state index is 12.2. The zero-order valence-corrected chi connectivity index (χ0v) is 13.7. The third kappa shape index (κ3) is 6.26. The van der Waals surface area contributed by atoms with Crippen LogP contribution in [0.2, 0.25) is 0 Å². The molecule has 0 bridgehead atoms. The molecule has 1 aromatic rings. The summed E-state index contributed by atoms with van der Waals surface area (Å²) < 4.78 is 10.2. The molecule has 5 heteroatoms. The number of hydrogen-bond donors (Lipinski definition) is 1. The van der Waals surface area contributed by atoms with E-state index in [0.717, 1.165) is 5.56 Å². The van der Waals surface area contributed by atoms with E-state index in [-0.39, 0.29) is 18.3 Å². The highest BCUT2D eigenvalue weighted by atomic mass is 16.5. The maximum absolute atomic E-state index is 12.2. The van der Waals surface area contributed by atoms with Crippen molar-refractivity contribution in [2.24, 2.45) is 5.92 Å². The molecular formula is C17H25NO4. The summed E-state index contributed by atoms with van der Waals surface area (Å²) in [6.45, 7) is 6.27. The summed E-state index contributed by atoms with van der Waals surface area (Å²) in [5, 5.41) is 2.86. The molecule has 1 aromatic carbocycles. The van der Waals surface area contributed by atoms with E-state index in [1.165, 1.54) is 7.11 Å². The number of ether oxygens (including phenoxy) is 2. The average Bonchev–Trinajstić information content (AvgIpc) is 2.52. The minimum absolute atomic E-state index is 0.0865. The van der Waals surface area contributed by atoms with E-state index in [2.05, 4.69) is 5.32 Å². The number of amides is 1. The lowest BCUT2D eigenvalue weighted by Gasteiger charge is -2.21. The first-order valence-corrected chi connectivity index (χ1v) is 7.47. The summed E-state index contributed by atoms with van der Waals surface area (Å²) >= 11 is 0. The molecule has 22 heavy (non-hydrogen) atoms. The van der Waals surface area contributed by atoms with E-state index in [1.807, 2.05) is 44.2 Å². The fourth-order valence-corrected chi connectivity index (χ4v) is 1.89. The number of esters is 1. The Balaban J connectivity index is 2.71. The van der Waals surface area contributed by atoms with Gasteiger partial charge in [-0.3, -0.25) is 9.59 Å². The van der Waals surface area contributed by atoms with E-state index in [9.17, 15) is 9.59 Å². The van der Waals surface area contributed by atoms with Crippen LogP contribution in [0.15, 0.2) is 30.3 Å². The van der Waals surface area contributed by atoms with Crippen molar-refractivity contribution in [2.45, 2.75) is 39.3 Å². The molecule has 0 aliphatic carbocycles. The summed E-state index contributed by atoms with van der Waals surface area (Å²) in [5.74, 6) is -0.251. The Kier molecular flexibility index (Phi) is 7.60. The monoisotopic (exact) mass is 307 g/mol. The Morgan fingerprint density at radius 1 is 1.14 bits per heavy atom. The van der Waals surface area contributed by atoms with Crippen LogP contribution in [-0.2, 0) is 19.1 Å². The van der Waals surface area contributed by atoms with Crippen LogP contribution in [0.3, 0.4) is 0 Å². The zero-order chi connectivity index (χ0) is 16.5. The van der Waals surface area contributed by atoms with Crippen molar-refractivity contribution in [1.82, 2.24) is 5.32 Å². The number of benzene rings is 1. The van der Waals surface area contributed by atoms with Crippen molar-refractivity contribution < 1.29 is 19.1 Å². The molecule has 0 saturated carbocycles. The second-order valence-corrected chi connectivity index (χ2v) is 5.62. The van der Waals surface area contributed by atoms with Gasteiger partial charge in [0.15, 0.2) is 0 Å². The first-order valence-electron chi connectivity index (χ1n) is 7.47. The van der Waals surface area contributed by atoms with Crippen LogP contribution in [0.5, 0.6) is 0 Å². The van der Waals surface area contributed by atoms with Gasteiger partial charge in [-0.15, -0.1) is 0 Å². The number of nitrogens with one attached hydrogen (secondary N) is 1. The molecule has 5 nitrogen and oxygen atoms in total. The Bertz CT molecular complexity index is 473. The van der Waals surface area contributed by atoms with Crippen LogP contribution in [0, 0.1) is 5.92 Å². The molecule has 1 amide bonds. The molecular weight excluding hydrogens is 282 g/mol. The van der Waals surface area contributed by atoms with Gasteiger partial charge in [-0.25, -0.2) is 0 Å². The standard InChI is InChI=1S/C17H25NO4/c1-12(2)11-22-13(3)17(20)18-15(10-16(19)21-4)14-8-6-5-7-9-14/h5-9,12-13,15H,10-11H2,1-4H3,(H,18,20)/t13-,15-/m0/s1. The highest BCUT2D eigenvalue weighted by Gasteiger charge is 2.22. The van der Waals surface area contributed by atoms with Gasteiger partial charge in [0.05, 0.1) is 19.6 Å². The highest BCUT2D eigenvalue weighted by Crippen LogP contribution is 2.17. The smallest absolute Gasteiger partial charge is 0.307 e.